The van der Waals surface area contributed by atoms with Crippen LogP contribution < -0.4 is 15.4 Å². The molecule has 3 N–H and O–H groups in total. The molecule has 140 valence electrons. The van der Waals surface area contributed by atoms with Gasteiger partial charge < -0.3 is 10.6 Å². The Hall–Kier alpha value is -1.48. The van der Waals surface area contributed by atoms with E-state index in [1.54, 1.807) is 48.2 Å². The first-order valence-corrected chi connectivity index (χ1v) is 11.5. The highest BCUT2D eigenvalue weighted by atomic mass is 35.5. The number of halogens is 1. The molecule has 2 rings (SSSR count). The van der Waals surface area contributed by atoms with Crippen molar-refractivity contribution in [1.29, 1.82) is 0 Å². The SMILES string of the molecule is CSCCCNC(=S)Nc1cccc(S(=O)(=O)Nc2ccccc2Cl)c1. The van der Waals surface area contributed by atoms with Crippen LogP contribution in [-0.2, 0) is 10.0 Å². The zero-order valence-electron chi connectivity index (χ0n) is 14.2. The Morgan fingerprint density at radius 3 is 2.69 bits per heavy atom. The summed E-state index contributed by atoms with van der Waals surface area (Å²) in [5.41, 5.74) is 0.924. The largest absolute Gasteiger partial charge is 0.362 e. The minimum Gasteiger partial charge on any atom is -0.362 e. The minimum absolute atomic E-state index is 0.118. The van der Waals surface area contributed by atoms with Crippen molar-refractivity contribution < 1.29 is 8.42 Å². The molecule has 5 nitrogen and oxygen atoms in total. The van der Waals surface area contributed by atoms with E-state index in [0.29, 0.717) is 21.5 Å². The predicted molar refractivity (Wildman–Crippen MR) is 116 cm³/mol. The molecule has 0 radical (unpaired) electrons. The second-order valence-corrected chi connectivity index (χ2v) is 8.82. The maximum atomic E-state index is 12.6. The smallest absolute Gasteiger partial charge is 0.262 e. The fourth-order valence-corrected chi connectivity index (χ4v) is 4.10. The summed E-state index contributed by atoms with van der Waals surface area (Å²) < 4.78 is 27.7. The number of benzene rings is 2. The minimum atomic E-state index is -3.76. The summed E-state index contributed by atoms with van der Waals surface area (Å²) in [5, 5.41) is 6.89. The molecule has 0 bridgehead atoms. The van der Waals surface area contributed by atoms with Gasteiger partial charge in [0.1, 0.15) is 0 Å². The van der Waals surface area contributed by atoms with Gasteiger partial charge in [-0.25, -0.2) is 8.42 Å². The number of anilines is 2. The summed E-state index contributed by atoms with van der Waals surface area (Å²) in [6.45, 7) is 0.763. The number of hydrogen-bond acceptors (Lipinski definition) is 4. The summed E-state index contributed by atoms with van der Waals surface area (Å²) in [6.07, 6.45) is 3.05. The highest BCUT2D eigenvalue weighted by Crippen LogP contribution is 2.24. The van der Waals surface area contributed by atoms with Gasteiger partial charge in [-0.15, -0.1) is 0 Å². The van der Waals surface area contributed by atoms with E-state index >= 15 is 0 Å². The molecule has 2 aromatic carbocycles. The number of nitrogens with one attached hydrogen (secondary N) is 3. The van der Waals surface area contributed by atoms with Gasteiger partial charge in [0.2, 0.25) is 0 Å². The molecule has 0 aliphatic carbocycles. The molecule has 2 aromatic rings. The summed E-state index contributed by atoms with van der Waals surface area (Å²) in [5.74, 6) is 1.05. The first kappa shape index (κ1) is 20.8. The third-order valence-corrected chi connectivity index (χ3v) is 5.97. The predicted octanol–water partition coefficient (Wildman–Crippen LogP) is 4.18. The second-order valence-electron chi connectivity index (χ2n) is 5.34. The lowest BCUT2D eigenvalue weighted by atomic mass is 10.3. The quantitative estimate of drug-likeness (QED) is 0.432. The van der Waals surface area contributed by atoms with E-state index in [4.69, 9.17) is 23.8 Å². The molecule has 0 aliphatic rings. The van der Waals surface area contributed by atoms with Gasteiger partial charge in [-0.2, -0.15) is 11.8 Å². The van der Waals surface area contributed by atoms with Crippen molar-refractivity contribution in [3.63, 3.8) is 0 Å². The molecule has 26 heavy (non-hydrogen) atoms. The monoisotopic (exact) mass is 429 g/mol. The van der Waals surface area contributed by atoms with Crippen molar-refractivity contribution in [2.45, 2.75) is 11.3 Å². The zero-order chi connectivity index (χ0) is 19.0. The molecule has 0 fully saturated rings. The average molecular weight is 430 g/mol. The third-order valence-electron chi connectivity index (χ3n) is 3.33. The van der Waals surface area contributed by atoms with Gasteiger partial charge in [0.05, 0.1) is 15.6 Å². The van der Waals surface area contributed by atoms with Crippen molar-refractivity contribution in [3.05, 3.63) is 53.6 Å². The Bertz CT molecular complexity index is 860. The maximum Gasteiger partial charge on any atom is 0.262 e. The van der Waals surface area contributed by atoms with Crippen molar-refractivity contribution in [1.82, 2.24) is 5.32 Å². The van der Waals surface area contributed by atoms with Crippen LogP contribution in [0.1, 0.15) is 6.42 Å². The van der Waals surface area contributed by atoms with E-state index in [1.807, 2.05) is 0 Å². The lowest BCUT2D eigenvalue weighted by molar-refractivity contribution is 0.601. The fraction of sp³-hybridized carbons (Fsp3) is 0.235. The zero-order valence-corrected chi connectivity index (χ0v) is 17.4. The lowest BCUT2D eigenvalue weighted by Crippen LogP contribution is -2.29. The van der Waals surface area contributed by atoms with E-state index in [9.17, 15) is 8.42 Å². The van der Waals surface area contributed by atoms with Crippen LogP contribution >= 0.6 is 35.6 Å². The van der Waals surface area contributed by atoms with E-state index in [0.717, 1.165) is 18.7 Å². The van der Waals surface area contributed by atoms with E-state index < -0.39 is 10.0 Å². The second kappa shape index (κ2) is 10.0. The normalized spacial score (nSPS) is 11.0. The molecule has 0 amide bonds. The van der Waals surface area contributed by atoms with E-state index in [1.165, 1.54) is 12.1 Å². The van der Waals surface area contributed by atoms with Crippen LogP contribution in [0.15, 0.2) is 53.4 Å². The number of para-hydroxylation sites is 1. The van der Waals surface area contributed by atoms with Crippen LogP contribution in [0.3, 0.4) is 0 Å². The molecule has 0 atom stereocenters. The molecule has 0 aromatic heterocycles. The molecular weight excluding hydrogens is 410 g/mol. The maximum absolute atomic E-state index is 12.6. The standard InChI is InChI=1S/C17H20ClN3O2S3/c1-25-11-5-10-19-17(24)20-13-6-4-7-14(12-13)26(22,23)21-16-9-3-2-8-15(16)18/h2-4,6-9,12,21H,5,10-11H2,1H3,(H2,19,20,24). The van der Waals surface area contributed by atoms with Crippen LogP contribution in [0.4, 0.5) is 11.4 Å². The number of sulfonamides is 1. The topological polar surface area (TPSA) is 70.2 Å². The number of hydrogen-bond donors (Lipinski definition) is 3. The fourth-order valence-electron chi connectivity index (χ4n) is 2.08. The number of rotatable bonds is 8. The van der Waals surface area contributed by atoms with Crippen LogP contribution in [0, 0.1) is 0 Å². The van der Waals surface area contributed by atoms with Gasteiger partial charge in [-0.1, -0.05) is 29.8 Å². The van der Waals surface area contributed by atoms with Crippen molar-refractivity contribution in [3.8, 4) is 0 Å². The molecular formula is C17H20ClN3O2S3. The highest BCUT2D eigenvalue weighted by molar-refractivity contribution is 7.98. The number of thioether (sulfide) groups is 1. The molecule has 0 heterocycles. The Morgan fingerprint density at radius 2 is 1.96 bits per heavy atom. The molecule has 9 heteroatoms. The summed E-state index contributed by atoms with van der Waals surface area (Å²) in [7, 11) is -3.76. The van der Waals surface area contributed by atoms with E-state index in [-0.39, 0.29) is 4.90 Å². The molecule has 0 saturated heterocycles. The van der Waals surface area contributed by atoms with Crippen molar-refractivity contribution in [2.75, 3.05) is 28.6 Å². The van der Waals surface area contributed by atoms with Crippen LogP contribution in [0.5, 0.6) is 0 Å². The Kier molecular flexibility index (Phi) is 8.02. The molecule has 0 spiro atoms. The first-order chi connectivity index (χ1) is 12.4. The van der Waals surface area contributed by atoms with Crippen LogP contribution in [0.25, 0.3) is 0 Å². The van der Waals surface area contributed by atoms with Gasteiger partial charge >= 0.3 is 0 Å². The Morgan fingerprint density at radius 1 is 1.19 bits per heavy atom. The van der Waals surface area contributed by atoms with Gasteiger partial charge in [0, 0.05) is 12.2 Å². The van der Waals surface area contributed by atoms with Gasteiger partial charge in [0.15, 0.2) is 5.11 Å². The Labute approximate surface area is 169 Å². The third kappa shape index (κ3) is 6.35. The van der Waals surface area contributed by atoms with Crippen molar-refractivity contribution in [2.24, 2.45) is 0 Å². The lowest BCUT2D eigenvalue weighted by Gasteiger charge is -2.13. The average Bonchev–Trinajstić information content (AvgIpc) is 2.61. The summed E-state index contributed by atoms with van der Waals surface area (Å²) in [4.78, 5) is 0.118. The number of thiocarbonyl (C=S) groups is 1. The molecule has 0 unspecified atom stereocenters. The van der Waals surface area contributed by atoms with Crippen LogP contribution in [-0.4, -0.2) is 32.1 Å². The van der Waals surface area contributed by atoms with Gasteiger partial charge in [0.25, 0.3) is 10.0 Å². The molecule has 0 saturated carbocycles. The highest BCUT2D eigenvalue weighted by Gasteiger charge is 2.16. The molecule has 0 aliphatic heterocycles. The first-order valence-electron chi connectivity index (χ1n) is 7.83. The van der Waals surface area contributed by atoms with Crippen LogP contribution in [0.2, 0.25) is 5.02 Å². The van der Waals surface area contributed by atoms with Crippen molar-refractivity contribution >= 4 is 62.1 Å². The Balaban J connectivity index is 2.05. The van der Waals surface area contributed by atoms with Gasteiger partial charge in [-0.05, 0) is 61.0 Å². The van der Waals surface area contributed by atoms with Gasteiger partial charge in [-0.3, -0.25) is 4.72 Å². The van der Waals surface area contributed by atoms with E-state index in [2.05, 4.69) is 21.6 Å². The summed E-state index contributed by atoms with van der Waals surface area (Å²) in [6, 6.07) is 13.1. The summed E-state index contributed by atoms with van der Waals surface area (Å²) >= 11 is 13.0.